The SMILES string of the molecule is NCCCCOc1ccc(-c2ccccc2)c(O)c1C(=O)O. The summed E-state index contributed by atoms with van der Waals surface area (Å²) in [4.78, 5) is 11.5. The van der Waals surface area contributed by atoms with Crippen molar-refractivity contribution < 1.29 is 19.7 Å². The predicted molar refractivity (Wildman–Crippen MR) is 84.3 cm³/mol. The molecule has 0 amide bonds. The molecule has 5 heteroatoms. The summed E-state index contributed by atoms with van der Waals surface area (Å²) in [6.45, 7) is 0.926. The molecular formula is C17H19NO4. The summed E-state index contributed by atoms with van der Waals surface area (Å²) < 4.78 is 5.48. The maximum atomic E-state index is 11.5. The lowest BCUT2D eigenvalue weighted by Gasteiger charge is -2.13. The number of ether oxygens (including phenoxy) is 1. The minimum absolute atomic E-state index is 0.168. The van der Waals surface area contributed by atoms with Gasteiger partial charge in [-0.3, -0.25) is 0 Å². The normalized spacial score (nSPS) is 10.4. The lowest BCUT2D eigenvalue weighted by molar-refractivity contribution is 0.0689. The zero-order valence-corrected chi connectivity index (χ0v) is 12.2. The molecule has 2 aromatic rings. The molecule has 2 aromatic carbocycles. The number of carboxylic acid groups (broad SMARTS) is 1. The first kappa shape index (κ1) is 15.9. The first-order valence-corrected chi connectivity index (χ1v) is 7.12. The van der Waals surface area contributed by atoms with Gasteiger partial charge in [-0.1, -0.05) is 30.3 Å². The summed E-state index contributed by atoms with van der Waals surface area (Å²) in [7, 11) is 0. The van der Waals surface area contributed by atoms with E-state index in [1.165, 1.54) is 0 Å². The second-order valence-electron chi connectivity index (χ2n) is 4.85. The molecule has 0 heterocycles. The Morgan fingerprint density at radius 2 is 1.82 bits per heavy atom. The molecule has 0 spiro atoms. The first-order chi connectivity index (χ1) is 10.6. The van der Waals surface area contributed by atoms with Crippen LogP contribution in [0.4, 0.5) is 0 Å². The van der Waals surface area contributed by atoms with Crippen LogP contribution in [0.2, 0.25) is 0 Å². The molecule has 22 heavy (non-hydrogen) atoms. The van der Waals surface area contributed by atoms with Crippen LogP contribution in [0.5, 0.6) is 11.5 Å². The molecule has 4 N–H and O–H groups in total. The fraction of sp³-hybridized carbons (Fsp3) is 0.235. The van der Waals surface area contributed by atoms with Crippen LogP contribution < -0.4 is 10.5 Å². The molecule has 0 aliphatic carbocycles. The van der Waals surface area contributed by atoms with Crippen molar-refractivity contribution in [3.8, 4) is 22.6 Å². The Labute approximate surface area is 129 Å². The van der Waals surface area contributed by atoms with E-state index in [9.17, 15) is 15.0 Å². The van der Waals surface area contributed by atoms with E-state index in [2.05, 4.69) is 0 Å². The molecule has 116 valence electrons. The number of benzene rings is 2. The molecule has 0 aromatic heterocycles. The van der Waals surface area contributed by atoms with E-state index in [-0.39, 0.29) is 17.1 Å². The van der Waals surface area contributed by atoms with Gasteiger partial charge in [0.05, 0.1) is 6.61 Å². The number of aromatic hydroxyl groups is 1. The highest BCUT2D eigenvalue weighted by Crippen LogP contribution is 2.37. The maximum Gasteiger partial charge on any atom is 0.343 e. The van der Waals surface area contributed by atoms with Crippen molar-refractivity contribution in [2.24, 2.45) is 5.73 Å². The molecule has 0 unspecified atom stereocenters. The van der Waals surface area contributed by atoms with Gasteiger partial charge in [0.1, 0.15) is 17.1 Å². The molecule has 0 atom stereocenters. The lowest BCUT2D eigenvalue weighted by Crippen LogP contribution is -2.07. The molecule has 0 fully saturated rings. The highest BCUT2D eigenvalue weighted by molar-refractivity contribution is 5.97. The highest BCUT2D eigenvalue weighted by atomic mass is 16.5. The fourth-order valence-electron chi connectivity index (χ4n) is 2.18. The van der Waals surface area contributed by atoms with Crippen LogP contribution in [0.15, 0.2) is 42.5 Å². The van der Waals surface area contributed by atoms with E-state index in [4.69, 9.17) is 10.5 Å². The Kier molecular flexibility index (Phi) is 5.38. The number of carboxylic acids is 1. The number of unbranched alkanes of at least 4 members (excludes halogenated alkanes) is 1. The van der Waals surface area contributed by atoms with Crippen LogP contribution >= 0.6 is 0 Å². The zero-order valence-electron chi connectivity index (χ0n) is 12.2. The number of hydrogen-bond acceptors (Lipinski definition) is 4. The van der Waals surface area contributed by atoms with Gasteiger partial charge in [-0.15, -0.1) is 0 Å². The maximum absolute atomic E-state index is 11.5. The van der Waals surface area contributed by atoms with Gasteiger partial charge >= 0.3 is 5.97 Å². The minimum Gasteiger partial charge on any atom is -0.506 e. The average Bonchev–Trinajstić information content (AvgIpc) is 2.52. The van der Waals surface area contributed by atoms with E-state index in [0.29, 0.717) is 18.7 Å². The molecule has 0 aliphatic heterocycles. The third kappa shape index (κ3) is 3.56. The Bertz CT molecular complexity index is 641. The third-order valence-corrected chi connectivity index (χ3v) is 3.29. The summed E-state index contributed by atoms with van der Waals surface area (Å²) in [5, 5.41) is 19.7. The third-order valence-electron chi connectivity index (χ3n) is 3.29. The quantitative estimate of drug-likeness (QED) is 0.684. The average molecular weight is 301 g/mol. The zero-order chi connectivity index (χ0) is 15.9. The summed E-state index contributed by atoms with van der Waals surface area (Å²) in [6.07, 6.45) is 1.53. The van der Waals surface area contributed by atoms with Gasteiger partial charge in [0.2, 0.25) is 0 Å². The van der Waals surface area contributed by atoms with E-state index in [0.717, 1.165) is 18.4 Å². The summed E-state index contributed by atoms with van der Waals surface area (Å²) in [5.74, 6) is -1.33. The van der Waals surface area contributed by atoms with E-state index in [1.54, 1.807) is 12.1 Å². The van der Waals surface area contributed by atoms with Crippen LogP contribution in [-0.2, 0) is 0 Å². The number of phenols is 1. The van der Waals surface area contributed by atoms with Gasteiger partial charge in [0.15, 0.2) is 0 Å². The van der Waals surface area contributed by atoms with Crippen molar-refractivity contribution in [3.05, 3.63) is 48.0 Å². The monoisotopic (exact) mass is 301 g/mol. The molecule has 5 nitrogen and oxygen atoms in total. The standard InChI is InChI=1S/C17H19NO4/c18-10-4-5-11-22-14-9-8-13(12-6-2-1-3-7-12)16(19)15(14)17(20)21/h1-3,6-9,19H,4-5,10-11,18H2,(H,20,21). The molecular weight excluding hydrogens is 282 g/mol. The number of aromatic carboxylic acids is 1. The lowest BCUT2D eigenvalue weighted by atomic mass is 10.0. The molecule has 0 bridgehead atoms. The van der Waals surface area contributed by atoms with Gasteiger partial charge < -0.3 is 20.7 Å². The van der Waals surface area contributed by atoms with Crippen molar-refractivity contribution in [2.45, 2.75) is 12.8 Å². The smallest absolute Gasteiger partial charge is 0.343 e. The van der Waals surface area contributed by atoms with Crippen molar-refractivity contribution in [2.75, 3.05) is 13.2 Å². The predicted octanol–water partition coefficient (Wildman–Crippen LogP) is 2.88. The summed E-state index contributed by atoms with van der Waals surface area (Å²) in [6, 6.07) is 12.4. The largest absolute Gasteiger partial charge is 0.506 e. The van der Waals surface area contributed by atoms with Crippen molar-refractivity contribution in [3.63, 3.8) is 0 Å². The van der Waals surface area contributed by atoms with Gasteiger partial charge in [0.25, 0.3) is 0 Å². The Balaban J connectivity index is 2.33. The molecule has 0 radical (unpaired) electrons. The topological polar surface area (TPSA) is 92.8 Å². The van der Waals surface area contributed by atoms with E-state index in [1.807, 2.05) is 30.3 Å². The van der Waals surface area contributed by atoms with Crippen LogP contribution in [0.1, 0.15) is 23.2 Å². The molecule has 0 saturated heterocycles. The van der Waals surface area contributed by atoms with Crippen molar-refractivity contribution >= 4 is 5.97 Å². The molecule has 0 aliphatic rings. The van der Waals surface area contributed by atoms with Crippen LogP contribution in [0, 0.1) is 0 Å². The highest BCUT2D eigenvalue weighted by Gasteiger charge is 2.20. The van der Waals surface area contributed by atoms with Gasteiger partial charge in [-0.2, -0.15) is 0 Å². The molecule has 2 rings (SSSR count). The van der Waals surface area contributed by atoms with E-state index >= 15 is 0 Å². The second kappa shape index (κ2) is 7.47. The number of rotatable bonds is 7. The van der Waals surface area contributed by atoms with Crippen molar-refractivity contribution in [1.29, 1.82) is 0 Å². The number of hydrogen-bond donors (Lipinski definition) is 3. The van der Waals surface area contributed by atoms with Crippen LogP contribution in [0.25, 0.3) is 11.1 Å². The Hall–Kier alpha value is -2.53. The summed E-state index contributed by atoms with van der Waals surface area (Å²) >= 11 is 0. The second-order valence-corrected chi connectivity index (χ2v) is 4.85. The minimum atomic E-state index is -1.22. The van der Waals surface area contributed by atoms with Gasteiger partial charge in [-0.05, 0) is 37.1 Å². The van der Waals surface area contributed by atoms with E-state index < -0.39 is 5.97 Å². The summed E-state index contributed by atoms with van der Waals surface area (Å²) in [5.41, 5.74) is 6.40. The number of carbonyl (C=O) groups is 1. The Morgan fingerprint density at radius 1 is 1.09 bits per heavy atom. The molecule has 0 saturated carbocycles. The van der Waals surface area contributed by atoms with Gasteiger partial charge in [-0.25, -0.2) is 4.79 Å². The Morgan fingerprint density at radius 3 is 2.45 bits per heavy atom. The van der Waals surface area contributed by atoms with Crippen LogP contribution in [0.3, 0.4) is 0 Å². The first-order valence-electron chi connectivity index (χ1n) is 7.12. The fourth-order valence-corrected chi connectivity index (χ4v) is 2.18. The van der Waals surface area contributed by atoms with Crippen molar-refractivity contribution in [1.82, 2.24) is 0 Å². The van der Waals surface area contributed by atoms with Gasteiger partial charge in [0, 0.05) is 5.56 Å². The van der Waals surface area contributed by atoms with Crippen LogP contribution in [-0.4, -0.2) is 29.3 Å². The number of nitrogens with two attached hydrogens (primary N) is 1.